The molecule has 0 amide bonds. The number of para-hydroxylation sites is 1. The summed E-state index contributed by atoms with van der Waals surface area (Å²) in [6.07, 6.45) is 10.8. The summed E-state index contributed by atoms with van der Waals surface area (Å²) in [6, 6.07) is 90.2. The number of fused-ring (bicyclic) bond motifs is 14. The molecule has 0 radical (unpaired) electrons. The topological polar surface area (TPSA) is 3.24 Å². The molecule has 2 unspecified atom stereocenters. The number of rotatable bonds is 5. The molecule has 2 atom stereocenters. The summed E-state index contributed by atoms with van der Waals surface area (Å²) in [6.45, 7) is 9.36. The Morgan fingerprint density at radius 3 is 1.57 bits per heavy atom. The summed E-state index contributed by atoms with van der Waals surface area (Å²) >= 11 is 0. The van der Waals surface area contributed by atoms with Gasteiger partial charge in [0.1, 0.15) is 0 Å². The molecule has 1 aliphatic heterocycles. The van der Waals surface area contributed by atoms with Crippen LogP contribution in [0.3, 0.4) is 0 Å². The van der Waals surface area contributed by atoms with E-state index in [0.717, 1.165) is 6.42 Å². The molecule has 3 aliphatic rings. The fourth-order valence-corrected chi connectivity index (χ4v) is 15.0. The van der Waals surface area contributed by atoms with Gasteiger partial charge in [0, 0.05) is 16.5 Å². The Hall–Kier alpha value is -9.56. The van der Waals surface area contributed by atoms with Crippen LogP contribution < -0.4 is 4.90 Å². The Morgan fingerprint density at radius 1 is 0.444 bits per heavy atom. The molecular weight excluding hydrogens is 975 g/mol. The maximum Gasteiger partial charge on any atom is 0.0751 e. The zero-order chi connectivity index (χ0) is 54.1. The molecule has 16 rings (SSSR count). The van der Waals surface area contributed by atoms with Crippen molar-refractivity contribution in [2.45, 2.75) is 39.5 Å². The summed E-state index contributed by atoms with van der Waals surface area (Å²) in [5.74, 6) is 0.651. The van der Waals surface area contributed by atoms with Gasteiger partial charge in [-0.25, -0.2) is 0 Å². The van der Waals surface area contributed by atoms with Crippen molar-refractivity contribution in [3.63, 3.8) is 0 Å². The van der Waals surface area contributed by atoms with Crippen molar-refractivity contribution in [3.05, 3.63) is 294 Å². The van der Waals surface area contributed by atoms with Crippen molar-refractivity contribution in [3.8, 4) is 44.5 Å². The van der Waals surface area contributed by atoms with Gasteiger partial charge >= 0.3 is 0 Å². The fraction of sp³-hybridized carbons (Fsp3) is 0.100. The standard InChI is InChI=1S/C80H59N/c1-5-70-75(43-49(2)3)81(79-67-32-16-14-30-65(67)78(66-31-15-17-33-68(66)79)64-34-20-25-51-21-6-10-26-58(51)64)74-36-19-18-35-71(74)80(70)72-47-56(76-59-27-11-7-22-52(59)45-53-23-8-12-28-60(53)76)39-41-62(72)63-42-40-57(48-73(63)80)77-61-29-13-9-24-54(61)46-55-38-37-50(4)44-69(55)77/h5-43,45-50H,44H2,1-4H3/b70-5+,75-43+. The first-order valence-corrected chi connectivity index (χ1v) is 29.0. The lowest BCUT2D eigenvalue weighted by molar-refractivity contribution is 0.713. The zero-order valence-electron chi connectivity index (χ0n) is 46.1. The Kier molecular flexibility index (Phi) is 10.7. The molecule has 0 fully saturated rings. The Balaban J connectivity index is 1.04. The van der Waals surface area contributed by atoms with Gasteiger partial charge in [-0.15, -0.1) is 0 Å². The van der Waals surface area contributed by atoms with Gasteiger partial charge in [0.15, 0.2) is 0 Å². The first kappa shape index (κ1) is 47.4. The van der Waals surface area contributed by atoms with E-state index >= 15 is 0 Å². The minimum absolute atomic E-state index is 0.213. The quantitative estimate of drug-likeness (QED) is 0.155. The van der Waals surface area contributed by atoms with Crippen LogP contribution in [0.1, 0.15) is 55.5 Å². The molecule has 1 nitrogen and oxygen atoms in total. The smallest absolute Gasteiger partial charge is 0.0751 e. The Morgan fingerprint density at radius 2 is 0.951 bits per heavy atom. The maximum absolute atomic E-state index is 2.67. The van der Waals surface area contributed by atoms with Gasteiger partial charge in [-0.05, 0) is 187 Å². The largest absolute Gasteiger partial charge is 0.309 e. The SMILES string of the molecule is C/C=C1\C(=C/C(C)C)N(c2c3ccccc3c(-c3cccc4ccccc34)c3ccccc23)c2ccccc2C12c1cc(-c3c4c(cc5ccccc35)C=CC(C)C4)ccc1-c1ccc(-c3c4ccccc4cc4ccccc34)cc12. The van der Waals surface area contributed by atoms with E-state index in [2.05, 4.69) is 293 Å². The van der Waals surface area contributed by atoms with Crippen LogP contribution in [0.5, 0.6) is 0 Å². The lowest BCUT2D eigenvalue weighted by Crippen LogP contribution is -2.40. The second kappa shape index (κ2) is 18.2. The molecule has 1 heterocycles. The third kappa shape index (κ3) is 6.91. The minimum atomic E-state index is -0.730. The summed E-state index contributed by atoms with van der Waals surface area (Å²) in [4.78, 5) is 2.67. The van der Waals surface area contributed by atoms with Crippen LogP contribution in [0.4, 0.5) is 11.4 Å². The van der Waals surface area contributed by atoms with Crippen molar-refractivity contribution < 1.29 is 0 Å². The number of nitrogens with zero attached hydrogens (tertiary/aromatic N) is 1. The van der Waals surface area contributed by atoms with E-state index in [0.29, 0.717) is 5.92 Å². The average molecular weight is 1030 g/mol. The van der Waals surface area contributed by atoms with E-state index in [4.69, 9.17) is 0 Å². The Bertz CT molecular complexity index is 4810. The van der Waals surface area contributed by atoms with E-state index in [1.54, 1.807) is 0 Å². The van der Waals surface area contributed by atoms with Crippen LogP contribution in [-0.4, -0.2) is 0 Å². The molecule has 13 aromatic rings. The van der Waals surface area contributed by atoms with E-state index < -0.39 is 5.41 Å². The van der Waals surface area contributed by atoms with Crippen LogP contribution in [-0.2, 0) is 11.8 Å². The number of hydrogen-bond acceptors (Lipinski definition) is 1. The predicted octanol–water partition coefficient (Wildman–Crippen LogP) is 21.8. The van der Waals surface area contributed by atoms with E-state index in [1.165, 1.54) is 160 Å². The van der Waals surface area contributed by atoms with Crippen molar-refractivity contribution in [1.82, 2.24) is 0 Å². The maximum atomic E-state index is 2.67. The van der Waals surface area contributed by atoms with Gasteiger partial charge in [0.05, 0.1) is 16.8 Å². The highest BCUT2D eigenvalue weighted by molar-refractivity contribution is 6.24. The van der Waals surface area contributed by atoms with E-state index in [9.17, 15) is 0 Å². The van der Waals surface area contributed by atoms with Crippen molar-refractivity contribution in [1.29, 1.82) is 0 Å². The monoisotopic (exact) mass is 1030 g/mol. The molecule has 1 spiro atoms. The second-order valence-electron chi connectivity index (χ2n) is 23.2. The van der Waals surface area contributed by atoms with Gasteiger partial charge in [-0.1, -0.05) is 251 Å². The first-order chi connectivity index (χ1) is 39.9. The van der Waals surface area contributed by atoms with Crippen LogP contribution in [0.2, 0.25) is 0 Å². The highest BCUT2D eigenvalue weighted by Gasteiger charge is 2.54. The Labute approximate surface area is 474 Å². The molecule has 81 heavy (non-hydrogen) atoms. The molecule has 2 aliphatic carbocycles. The zero-order valence-corrected chi connectivity index (χ0v) is 46.1. The normalized spacial score (nSPS) is 17.3. The van der Waals surface area contributed by atoms with Gasteiger partial charge in [0.2, 0.25) is 0 Å². The predicted molar refractivity (Wildman–Crippen MR) is 347 cm³/mol. The summed E-state index contributed by atoms with van der Waals surface area (Å²) < 4.78 is 0. The lowest BCUT2D eigenvalue weighted by Gasteiger charge is -2.48. The minimum Gasteiger partial charge on any atom is -0.309 e. The van der Waals surface area contributed by atoms with Gasteiger partial charge in [-0.3, -0.25) is 0 Å². The average Bonchev–Trinajstić information content (AvgIpc) is 2.31. The lowest BCUT2D eigenvalue weighted by atomic mass is 9.62. The van der Waals surface area contributed by atoms with Crippen LogP contribution in [0, 0.1) is 11.8 Å². The molecule has 384 valence electrons. The van der Waals surface area contributed by atoms with Crippen molar-refractivity contribution in [2.24, 2.45) is 11.8 Å². The number of benzene rings is 13. The molecule has 1 heteroatoms. The third-order valence-corrected chi connectivity index (χ3v) is 18.2. The third-order valence-electron chi connectivity index (χ3n) is 18.2. The summed E-state index contributed by atoms with van der Waals surface area (Å²) in [5, 5.41) is 15.0. The van der Waals surface area contributed by atoms with E-state index in [1.807, 2.05) is 0 Å². The number of anilines is 2. The number of allylic oxidation sites excluding steroid dienone is 4. The highest BCUT2D eigenvalue weighted by Crippen LogP contribution is 2.65. The molecular formula is C80H59N. The molecule has 0 aromatic heterocycles. The number of hydrogen-bond donors (Lipinski definition) is 0. The second-order valence-corrected chi connectivity index (χ2v) is 23.2. The van der Waals surface area contributed by atoms with Crippen LogP contribution >= 0.6 is 0 Å². The molecule has 0 bridgehead atoms. The first-order valence-electron chi connectivity index (χ1n) is 29.0. The molecule has 0 saturated carbocycles. The summed E-state index contributed by atoms with van der Waals surface area (Å²) in [5.41, 5.74) is 21.0. The van der Waals surface area contributed by atoms with Crippen molar-refractivity contribution >= 4 is 82.1 Å². The fourth-order valence-electron chi connectivity index (χ4n) is 15.0. The highest BCUT2D eigenvalue weighted by atomic mass is 15.2. The van der Waals surface area contributed by atoms with Crippen LogP contribution in [0.25, 0.3) is 115 Å². The van der Waals surface area contributed by atoms with Gasteiger partial charge in [0.25, 0.3) is 0 Å². The molecule has 0 saturated heterocycles. The van der Waals surface area contributed by atoms with E-state index in [-0.39, 0.29) is 5.92 Å². The molecule has 0 N–H and O–H groups in total. The van der Waals surface area contributed by atoms with Gasteiger partial charge < -0.3 is 4.90 Å². The summed E-state index contributed by atoms with van der Waals surface area (Å²) in [7, 11) is 0. The van der Waals surface area contributed by atoms with Gasteiger partial charge in [-0.2, -0.15) is 0 Å². The molecule has 13 aromatic carbocycles. The van der Waals surface area contributed by atoms with Crippen LogP contribution in [0.15, 0.2) is 266 Å². The van der Waals surface area contributed by atoms with Crippen molar-refractivity contribution in [2.75, 3.05) is 4.90 Å².